The van der Waals surface area contributed by atoms with Gasteiger partial charge in [-0.3, -0.25) is 0 Å². The molecule has 2 rings (SSSR count). The van der Waals surface area contributed by atoms with E-state index in [0.29, 0.717) is 17.9 Å². The molecule has 0 bridgehead atoms. The van der Waals surface area contributed by atoms with Crippen molar-refractivity contribution in [3.8, 4) is 0 Å². The predicted molar refractivity (Wildman–Crippen MR) is 74.6 cm³/mol. The molecule has 1 aliphatic rings. The van der Waals surface area contributed by atoms with Crippen molar-refractivity contribution >= 4 is 16.1 Å². The molecule has 0 fully saturated rings. The minimum Gasteiger partial charge on any atom is -0.211 e. The zero-order chi connectivity index (χ0) is 13.0. The van der Waals surface area contributed by atoms with E-state index in [1.54, 1.807) is 0 Å². The maximum Gasteiger partial charge on any atom is 0.236 e. The highest BCUT2D eigenvalue weighted by Gasteiger charge is 2.19. The number of allylic oxidation sites excluding steroid dienone is 1. The van der Waals surface area contributed by atoms with Gasteiger partial charge in [-0.1, -0.05) is 31.2 Å². The third-order valence-corrected chi connectivity index (χ3v) is 4.72. The Morgan fingerprint density at radius 3 is 2.78 bits per heavy atom. The Bertz CT molecular complexity index is 547. The largest absolute Gasteiger partial charge is 0.236 e. The van der Waals surface area contributed by atoms with Crippen LogP contribution in [-0.4, -0.2) is 15.0 Å². The van der Waals surface area contributed by atoms with Gasteiger partial charge < -0.3 is 0 Å². The Morgan fingerprint density at radius 2 is 2.00 bits per heavy atom. The maximum absolute atomic E-state index is 12.1. The van der Waals surface area contributed by atoms with Gasteiger partial charge in [0, 0.05) is 6.54 Å². The summed E-state index contributed by atoms with van der Waals surface area (Å²) >= 11 is 0. The molecule has 0 heterocycles. The fraction of sp³-hybridized carbons (Fsp3) is 0.429. The zero-order valence-electron chi connectivity index (χ0n) is 10.6. The quantitative estimate of drug-likeness (QED) is 0.909. The predicted octanol–water partition coefficient (Wildman–Crippen LogP) is 2.69. The summed E-state index contributed by atoms with van der Waals surface area (Å²) in [6.45, 7) is 2.46. The summed E-state index contributed by atoms with van der Waals surface area (Å²) in [7, 11) is -3.30. The molecule has 18 heavy (non-hydrogen) atoms. The van der Waals surface area contributed by atoms with Crippen LogP contribution in [0.25, 0.3) is 6.08 Å². The average molecular weight is 265 g/mol. The number of benzene rings is 1. The van der Waals surface area contributed by atoms with E-state index in [9.17, 15) is 8.42 Å². The maximum atomic E-state index is 12.1. The van der Waals surface area contributed by atoms with Crippen molar-refractivity contribution in [2.45, 2.75) is 32.6 Å². The summed E-state index contributed by atoms with van der Waals surface area (Å²) in [4.78, 5) is 0.515. The Labute approximate surface area is 109 Å². The topological polar surface area (TPSA) is 46.2 Å². The highest BCUT2D eigenvalue weighted by Crippen LogP contribution is 2.25. The lowest BCUT2D eigenvalue weighted by atomic mass is 10.1. The number of rotatable bonds is 4. The van der Waals surface area contributed by atoms with Crippen molar-refractivity contribution in [3.63, 3.8) is 0 Å². The lowest BCUT2D eigenvalue weighted by molar-refractivity contribution is 0.585. The Kier molecular flexibility index (Phi) is 4.19. The molecule has 3 nitrogen and oxygen atoms in total. The fourth-order valence-corrected chi connectivity index (χ4v) is 3.50. The van der Waals surface area contributed by atoms with Crippen molar-refractivity contribution < 1.29 is 8.42 Å². The third kappa shape index (κ3) is 3.00. The highest BCUT2D eigenvalue weighted by molar-refractivity contribution is 7.93. The van der Waals surface area contributed by atoms with Crippen LogP contribution in [0.3, 0.4) is 0 Å². The van der Waals surface area contributed by atoms with Crippen LogP contribution < -0.4 is 4.72 Å². The van der Waals surface area contributed by atoms with Gasteiger partial charge in [-0.05, 0) is 42.9 Å². The number of hydrogen-bond donors (Lipinski definition) is 1. The molecule has 0 aromatic heterocycles. The number of aryl methyl sites for hydroxylation is 1. The molecule has 0 atom stereocenters. The van der Waals surface area contributed by atoms with Crippen LogP contribution in [0.5, 0.6) is 0 Å². The van der Waals surface area contributed by atoms with Crippen LogP contribution in [0, 0.1) is 0 Å². The summed E-state index contributed by atoms with van der Waals surface area (Å²) in [6, 6.07) is 8.00. The van der Waals surface area contributed by atoms with Crippen LogP contribution >= 0.6 is 0 Å². The fourth-order valence-electron chi connectivity index (χ4n) is 2.14. The van der Waals surface area contributed by atoms with Crippen molar-refractivity contribution in [3.05, 3.63) is 40.3 Å². The third-order valence-electron chi connectivity index (χ3n) is 3.13. The number of sulfonamides is 1. The molecule has 0 saturated carbocycles. The summed E-state index contributed by atoms with van der Waals surface area (Å²) in [5.74, 6) is 0. The molecule has 1 N–H and O–H groups in total. The van der Waals surface area contributed by atoms with Gasteiger partial charge in [0.1, 0.15) is 0 Å². The van der Waals surface area contributed by atoms with E-state index in [1.165, 1.54) is 5.56 Å². The van der Waals surface area contributed by atoms with E-state index in [2.05, 4.69) is 10.8 Å². The molecule has 98 valence electrons. The van der Waals surface area contributed by atoms with E-state index < -0.39 is 10.0 Å². The van der Waals surface area contributed by atoms with Crippen LogP contribution in [-0.2, 0) is 16.4 Å². The summed E-state index contributed by atoms with van der Waals surface area (Å²) < 4.78 is 26.9. The summed E-state index contributed by atoms with van der Waals surface area (Å²) in [5.41, 5.74) is 2.27. The normalized spacial score (nSPS) is 15.7. The van der Waals surface area contributed by atoms with Gasteiger partial charge in [0.25, 0.3) is 0 Å². The zero-order valence-corrected chi connectivity index (χ0v) is 11.5. The molecule has 0 unspecified atom stereocenters. The van der Waals surface area contributed by atoms with Gasteiger partial charge in [0.15, 0.2) is 0 Å². The Morgan fingerprint density at radius 1 is 1.22 bits per heavy atom. The van der Waals surface area contributed by atoms with Gasteiger partial charge in [-0.2, -0.15) is 0 Å². The summed E-state index contributed by atoms with van der Waals surface area (Å²) in [5, 5.41) is 0. The Balaban J connectivity index is 2.32. The SMILES string of the molecule is CCCNS(=O)(=O)C1=Cc2ccccc2CCC1. The first kappa shape index (κ1) is 13.3. The second-order valence-corrected chi connectivity index (χ2v) is 6.38. The first-order valence-corrected chi connectivity index (χ1v) is 7.90. The molecule has 0 aliphatic heterocycles. The van der Waals surface area contributed by atoms with Crippen LogP contribution in [0.15, 0.2) is 29.2 Å². The second-order valence-electron chi connectivity index (χ2n) is 4.56. The number of nitrogens with one attached hydrogen (secondary N) is 1. The molecular weight excluding hydrogens is 246 g/mol. The lowest BCUT2D eigenvalue weighted by Crippen LogP contribution is -2.25. The minimum atomic E-state index is -3.30. The van der Waals surface area contributed by atoms with Crippen LogP contribution in [0.1, 0.15) is 37.3 Å². The smallest absolute Gasteiger partial charge is 0.211 e. The number of hydrogen-bond acceptors (Lipinski definition) is 2. The standard InChI is InChI=1S/C14H19NO2S/c1-2-10-15-18(16,17)14-9-5-8-12-6-3-4-7-13(12)11-14/h3-4,6-7,11,15H,2,5,8-10H2,1H3. The van der Waals surface area contributed by atoms with E-state index >= 15 is 0 Å². The first-order chi connectivity index (χ1) is 8.63. The molecule has 4 heteroatoms. The molecule has 1 aliphatic carbocycles. The summed E-state index contributed by atoms with van der Waals surface area (Å²) in [6.07, 6.45) is 5.08. The van der Waals surface area contributed by atoms with E-state index in [-0.39, 0.29) is 0 Å². The van der Waals surface area contributed by atoms with Gasteiger partial charge in [-0.15, -0.1) is 0 Å². The highest BCUT2D eigenvalue weighted by atomic mass is 32.2. The molecule has 0 spiro atoms. The average Bonchev–Trinajstić information content (AvgIpc) is 2.59. The molecule has 0 saturated heterocycles. The van der Waals surface area contributed by atoms with Crippen molar-refractivity contribution in [2.75, 3.05) is 6.54 Å². The molecule has 1 aromatic carbocycles. The lowest BCUT2D eigenvalue weighted by Gasteiger charge is -2.08. The van der Waals surface area contributed by atoms with Crippen LogP contribution in [0.2, 0.25) is 0 Å². The first-order valence-electron chi connectivity index (χ1n) is 6.41. The molecule has 0 amide bonds. The van der Waals surface area contributed by atoms with Gasteiger partial charge >= 0.3 is 0 Å². The van der Waals surface area contributed by atoms with Crippen molar-refractivity contribution in [1.82, 2.24) is 4.72 Å². The van der Waals surface area contributed by atoms with Gasteiger partial charge in [0.05, 0.1) is 4.91 Å². The van der Waals surface area contributed by atoms with E-state index in [0.717, 1.165) is 24.8 Å². The molecular formula is C14H19NO2S. The second kappa shape index (κ2) is 5.67. The number of fused-ring (bicyclic) bond motifs is 1. The minimum absolute atomic E-state index is 0.501. The van der Waals surface area contributed by atoms with E-state index in [1.807, 2.05) is 31.2 Å². The molecule has 0 radical (unpaired) electrons. The van der Waals surface area contributed by atoms with Crippen LogP contribution in [0.4, 0.5) is 0 Å². The van der Waals surface area contributed by atoms with Gasteiger partial charge in [-0.25, -0.2) is 13.1 Å². The van der Waals surface area contributed by atoms with E-state index in [4.69, 9.17) is 0 Å². The van der Waals surface area contributed by atoms with Crippen molar-refractivity contribution in [2.24, 2.45) is 0 Å². The Hall–Kier alpha value is -1.13. The monoisotopic (exact) mass is 265 g/mol. The molecule has 1 aromatic rings. The van der Waals surface area contributed by atoms with Gasteiger partial charge in [0.2, 0.25) is 10.0 Å². The van der Waals surface area contributed by atoms with Crippen molar-refractivity contribution in [1.29, 1.82) is 0 Å².